The molecule has 0 N–H and O–H groups in total. The summed E-state index contributed by atoms with van der Waals surface area (Å²) in [6.07, 6.45) is 5.90. The molecular formula is C16H34O3Si2. The summed E-state index contributed by atoms with van der Waals surface area (Å²) < 4.78 is 18.5. The Morgan fingerprint density at radius 3 is 1.52 bits per heavy atom. The molecule has 0 radical (unpaired) electrons. The van der Waals surface area contributed by atoms with Gasteiger partial charge >= 0.3 is 0 Å². The molecule has 2 heterocycles. The first-order valence-electron chi connectivity index (χ1n) is 8.75. The van der Waals surface area contributed by atoms with Gasteiger partial charge in [-0.05, 0) is 39.0 Å². The number of hydrogen-bond donors (Lipinski definition) is 0. The van der Waals surface area contributed by atoms with E-state index in [1.807, 2.05) is 0 Å². The van der Waals surface area contributed by atoms with Gasteiger partial charge in [0.25, 0.3) is 0 Å². The standard InChI is InChI=1S/C16H34O3Si2/c1-7-9-15(13-11-17-13)21(6,19-20(3,4)5)16(10-8-2)14-12-18-14/h13-16H,7-12H2,1-6H3. The Hall–Kier alpha value is 0.314. The van der Waals surface area contributed by atoms with Gasteiger partial charge in [0.15, 0.2) is 16.6 Å². The van der Waals surface area contributed by atoms with Gasteiger partial charge in [-0.3, -0.25) is 0 Å². The highest BCUT2D eigenvalue weighted by Crippen LogP contribution is 2.50. The molecule has 5 heteroatoms. The van der Waals surface area contributed by atoms with E-state index in [1.54, 1.807) is 0 Å². The van der Waals surface area contributed by atoms with E-state index in [9.17, 15) is 0 Å². The number of hydrogen-bond acceptors (Lipinski definition) is 3. The molecule has 124 valence electrons. The Bertz CT molecular complexity index is 313. The van der Waals surface area contributed by atoms with Crippen LogP contribution in [0.15, 0.2) is 0 Å². The molecule has 0 aromatic heterocycles. The maximum Gasteiger partial charge on any atom is 0.188 e. The minimum Gasteiger partial charge on any atom is -0.455 e. The number of ether oxygens (including phenoxy) is 2. The molecule has 2 aliphatic heterocycles. The summed E-state index contributed by atoms with van der Waals surface area (Å²) >= 11 is 0. The van der Waals surface area contributed by atoms with Crippen LogP contribution in [-0.2, 0) is 13.6 Å². The molecule has 0 aromatic carbocycles. The van der Waals surface area contributed by atoms with Gasteiger partial charge in [0, 0.05) is 11.1 Å². The highest BCUT2D eigenvalue weighted by atomic mass is 28.4. The largest absolute Gasteiger partial charge is 0.455 e. The monoisotopic (exact) mass is 330 g/mol. The average molecular weight is 331 g/mol. The van der Waals surface area contributed by atoms with Crippen molar-refractivity contribution in [1.82, 2.24) is 0 Å². The van der Waals surface area contributed by atoms with Crippen molar-refractivity contribution in [3.05, 3.63) is 0 Å². The van der Waals surface area contributed by atoms with Gasteiger partial charge in [-0.15, -0.1) is 0 Å². The Morgan fingerprint density at radius 1 is 0.905 bits per heavy atom. The van der Waals surface area contributed by atoms with Crippen LogP contribution in [0, 0.1) is 0 Å². The van der Waals surface area contributed by atoms with E-state index < -0.39 is 16.6 Å². The third-order valence-corrected chi connectivity index (χ3v) is 13.3. The molecule has 0 bridgehead atoms. The van der Waals surface area contributed by atoms with Gasteiger partial charge in [0.1, 0.15) is 0 Å². The van der Waals surface area contributed by atoms with E-state index in [1.165, 1.54) is 25.7 Å². The fraction of sp³-hybridized carbons (Fsp3) is 1.00. The molecule has 0 saturated carbocycles. The lowest BCUT2D eigenvalue weighted by Gasteiger charge is -2.45. The van der Waals surface area contributed by atoms with Crippen LogP contribution in [0.5, 0.6) is 0 Å². The van der Waals surface area contributed by atoms with Crippen molar-refractivity contribution < 1.29 is 13.6 Å². The lowest BCUT2D eigenvalue weighted by molar-refractivity contribution is 0.339. The minimum atomic E-state index is -1.88. The summed E-state index contributed by atoms with van der Waals surface area (Å²) in [5.41, 5.74) is 1.30. The minimum absolute atomic E-state index is 0.469. The van der Waals surface area contributed by atoms with Gasteiger partial charge in [-0.2, -0.15) is 0 Å². The second kappa shape index (κ2) is 6.83. The van der Waals surface area contributed by atoms with Crippen molar-refractivity contribution in [2.75, 3.05) is 13.2 Å². The van der Waals surface area contributed by atoms with Crippen LogP contribution in [0.25, 0.3) is 0 Å². The van der Waals surface area contributed by atoms with Crippen LogP contribution in [0.1, 0.15) is 39.5 Å². The second-order valence-electron chi connectivity index (χ2n) is 7.93. The lowest BCUT2D eigenvalue weighted by atomic mass is 10.2. The van der Waals surface area contributed by atoms with Crippen molar-refractivity contribution in [3.63, 3.8) is 0 Å². The zero-order valence-corrected chi connectivity index (χ0v) is 16.8. The molecule has 0 spiro atoms. The zero-order chi connectivity index (χ0) is 15.7. The molecule has 4 unspecified atom stereocenters. The lowest BCUT2D eigenvalue weighted by Crippen LogP contribution is -2.54. The topological polar surface area (TPSA) is 34.3 Å². The second-order valence-corrected chi connectivity index (χ2v) is 16.8. The Labute approximate surface area is 133 Å². The quantitative estimate of drug-likeness (QED) is 0.435. The molecule has 0 aliphatic carbocycles. The molecule has 0 aromatic rings. The maximum absolute atomic E-state index is 6.98. The van der Waals surface area contributed by atoms with Crippen molar-refractivity contribution in [2.45, 2.75) is 89.0 Å². The van der Waals surface area contributed by atoms with Crippen LogP contribution in [0.3, 0.4) is 0 Å². The maximum atomic E-state index is 6.98. The van der Waals surface area contributed by atoms with E-state index in [4.69, 9.17) is 13.6 Å². The van der Waals surface area contributed by atoms with Gasteiger partial charge in [-0.1, -0.05) is 26.7 Å². The number of rotatable bonds is 10. The summed E-state index contributed by atoms with van der Waals surface area (Å²) in [5.74, 6) is 0. The van der Waals surface area contributed by atoms with Crippen LogP contribution in [0.2, 0.25) is 37.3 Å². The smallest absolute Gasteiger partial charge is 0.188 e. The van der Waals surface area contributed by atoms with Crippen LogP contribution < -0.4 is 0 Å². The van der Waals surface area contributed by atoms with Crippen molar-refractivity contribution in [2.24, 2.45) is 0 Å². The number of epoxide rings is 2. The molecule has 2 aliphatic rings. The normalized spacial score (nSPS) is 30.6. The van der Waals surface area contributed by atoms with Gasteiger partial charge < -0.3 is 13.6 Å². The third kappa shape index (κ3) is 4.64. The average Bonchev–Trinajstić information content (AvgIpc) is 3.24. The summed E-state index contributed by atoms with van der Waals surface area (Å²) in [6.45, 7) is 16.0. The molecule has 2 saturated heterocycles. The Kier molecular flexibility index (Phi) is 5.74. The van der Waals surface area contributed by atoms with Crippen molar-refractivity contribution in [3.8, 4) is 0 Å². The predicted octanol–water partition coefficient (Wildman–Crippen LogP) is 4.55. The molecule has 3 nitrogen and oxygen atoms in total. The van der Waals surface area contributed by atoms with Gasteiger partial charge in [0.05, 0.1) is 25.4 Å². The van der Waals surface area contributed by atoms with E-state index in [0.29, 0.717) is 23.3 Å². The van der Waals surface area contributed by atoms with Crippen LogP contribution in [0.4, 0.5) is 0 Å². The first kappa shape index (κ1) is 17.7. The molecule has 2 fully saturated rings. The van der Waals surface area contributed by atoms with E-state index in [-0.39, 0.29) is 0 Å². The van der Waals surface area contributed by atoms with Crippen LogP contribution >= 0.6 is 0 Å². The zero-order valence-electron chi connectivity index (χ0n) is 14.8. The molecule has 4 atom stereocenters. The van der Waals surface area contributed by atoms with Gasteiger partial charge in [0.2, 0.25) is 0 Å². The van der Waals surface area contributed by atoms with E-state index >= 15 is 0 Å². The summed E-state index contributed by atoms with van der Waals surface area (Å²) in [7, 11) is -3.44. The Balaban J connectivity index is 2.26. The fourth-order valence-corrected chi connectivity index (χ4v) is 14.6. The SMILES string of the molecule is CCCC(C1CO1)[Si](C)(O[Si](C)(C)C)C(CCC)C1CO1. The fourth-order valence-electron chi connectivity index (χ4n) is 3.97. The first-order valence-corrected chi connectivity index (χ1v) is 14.7. The molecular weight excluding hydrogens is 296 g/mol. The molecule has 0 amide bonds. The highest BCUT2D eigenvalue weighted by molar-refractivity contribution is 6.86. The van der Waals surface area contributed by atoms with Crippen molar-refractivity contribution >= 4 is 16.6 Å². The third-order valence-electron chi connectivity index (χ3n) is 4.81. The van der Waals surface area contributed by atoms with Gasteiger partial charge in [-0.25, -0.2) is 0 Å². The van der Waals surface area contributed by atoms with E-state index in [2.05, 4.69) is 40.0 Å². The van der Waals surface area contributed by atoms with Crippen molar-refractivity contribution in [1.29, 1.82) is 0 Å². The first-order chi connectivity index (χ1) is 9.81. The molecule has 21 heavy (non-hydrogen) atoms. The molecule has 2 rings (SSSR count). The Morgan fingerprint density at radius 2 is 1.29 bits per heavy atom. The summed E-state index contributed by atoms with van der Waals surface area (Å²) in [4.78, 5) is 0. The summed E-state index contributed by atoms with van der Waals surface area (Å²) in [5, 5.41) is 0. The highest BCUT2D eigenvalue weighted by Gasteiger charge is 2.57. The van der Waals surface area contributed by atoms with Crippen LogP contribution in [-0.4, -0.2) is 42.1 Å². The van der Waals surface area contributed by atoms with E-state index in [0.717, 1.165) is 13.2 Å². The predicted molar refractivity (Wildman–Crippen MR) is 92.8 cm³/mol. The summed E-state index contributed by atoms with van der Waals surface area (Å²) in [6, 6.07) is 0.